The third kappa shape index (κ3) is 5.91. The molecule has 0 saturated heterocycles. The van der Waals surface area contributed by atoms with Gasteiger partial charge in [0, 0.05) is 24.8 Å². The number of esters is 1. The van der Waals surface area contributed by atoms with Crippen LogP contribution >= 0.6 is 0 Å². The zero-order valence-corrected chi connectivity index (χ0v) is 13.8. The lowest BCUT2D eigenvalue weighted by atomic mass is 9.88. The number of nitrogens with one attached hydrogen (secondary N) is 1. The minimum atomic E-state index is -0.276. The van der Waals surface area contributed by atoms with Crippen LogP contribution in [0.25, 0.3) is 0 Å². The maximum absolute atomic E-state index is 12.0. The lowest BCUT2D eigenvalue weighted by Gasteiger charge is -2.34. The fourth-order valence-electron chi connectivity index (χ4n) is 2.53. The van der Waals surface area contributed by atoms with E-state index in [1.807, 2.05) is 6.08 Å². The molecule has 0 aliphatic heterocycles. The fourth-order valence-corrected chi connectivity index (χ4v) is 2.53. The number of carbonyl (C=O) groups excluding carboxylic acids is 1. The van der Waals surface area contributed by atoms with Gasteiger partial charge in [-0.3, -0.25) is 0 Å². The summed E-state index contributed by atoms with van der Waals surface area (Å²) in [6, 6.07) is -0.196. The van der Waals surface area contributed by atoms with Crippen LogP contribution in [-0.4, -0.2) is 43.9 Å². The number of hydrogen-bond donors (Lipinski definition) is 2. The molecule has 1 rings (SSSR count). The molecule has 22 heavy (non-hydrogen) atoms. The SMILES string of the molecule is C=CCNC1CC(C(=O)OCC)=CC(OCCCCC)C1N. The topological polar surface area (TPSA) is 73.6 Å². The first-order valence-electron chi connectivity index (χ1n) is 8.23. The Labute approximate surface area is 133 Å². The Hall–Kier alpha value is -1.17. The van der Waals surface area contributed by atoms with Crippen molar-refractivity contribution in [2.45, 2.75) is 57.7 Å². The molecule has 0 amide bonds. The van der Waals surface area contributed by atoms with Crippen LogP contribution in [-0.2, 0) is 14.3 Å². The van der Waals surface area contributed by atoms with E-state index >= 15 is 0 Å². The molecule has 3 unspecified atom stereocenters. The second-order valence-corrected chi connectivity index (χ2v) is 5.54. The lowest BCUT2D eigenvalue weighted by Crippen LogP contribution is -2.54. The predicted molar refractivity (Wildman–Crippen MR) is 88.6 cm³/mol. The number of ether oxygens (including phenoxy) is 2. The lowest BCUT2D eigenvalue weighted by molar-refractivity contribution is -0.139. The third-order valence-corrected chi connectivity index (χ3v) is 3.77. The van der Waals surface area contributed by atoms with Crippen LogP contribution in [0.3, 0.4) is 0 Å². The number of nitrogens with two attached hydrogens (primary N) is 1. The fraction of sp³-hybridized carbons (Fsp3) is 0.706. The van der Waals surface area contributed by atoms with Crippen LogP contribution in [0.4, 0.5) is 0 Å². The van der Waals surface area contributed by atoms with Crippen LogP contribution in [0.5, 0.6) is 0 Å². The number of carbonyl (C=O) groups is 1. The summed E-state index contributed by atoms with van der Waals surface area (Å²) in [5.41, 5.74) is 6.94. The van der Waals surface area contributed by atoms with Crippen LogP contribution in [0.2, 0.25) is 0 Å². The molecular formula is C17H30N2O3. The molecule has 0 aromatic rings. The molecule has 0 aromatic heterocycles. The zero-order chi connectivity index (χ0) is 16.4. The summed E-state index contributed by atoms with van der Waals surface area (Å²) in [4.78, 5) is 12.0. The quantitative estimate of drug-likeness (QED) is 0.366. The Morgan fingerprint density at radius 1 is 1.50 bits per heavy atom. The molecular weight excluding hydrogens is 280 g/mol. The molecule has 3 N–H and O–H groups in total. The third-order valence-electron chi connectivity index (χ3n) is 3.77. The maximum Gasteiger partial charge on any atom is 0.333 e. The minimum Gasteiger partial charge on any atom is -0.463 e. The summed E-state index contributed by atoms with van der Waals surface area (Å²) in [7, 11) is 0. The smallest absolute Gasteiger partial charge is 0.333 e. The van der Waals surface area contributed by atoms with Crippen molar-refractivity contribution in [2.75, 3.05) is 19.8 Å². The second kappa shape index (κ2) is 10.5. The number of rotatable bonds is 10. The Balaban J connectivity index is 2.72. The van der Waals surface area contributed by atoms with Gasteiger partial charge >= 0.3 is 5.97 Å². The second-order valence-electron chi connectivity index (χ2n) is 5.54. The van der Waals surface area contributed by atoms with Crippen molar-refractivity contribution in [2.24, 2.45) is 5.73 Å². The van der Waals surface area contributed by atoms with Gasteiger partial charge in [-0.15, -0.1) is 6.58 Å². The molecule has 1 aliphatic rings. The van der Waals surface area contributed by atoms with Gasteiger partial charge in [0.1, 0.15) is 0 Å². The van der Waals surface area contributed by atoms with E-state index in [1.165, 1.54) is 0 Å². The average molecular weight is 310 g/mol. The van der Waals surface area contributed by atoms with Gasteiger partial charge in [-0.25, -0.2) is 4.79 Å². The average Bonchev–Trinajstić information content (AvgIpc) is 2.52. The zero-order valence-electron chi connectivity index (χ0n) is 13.8. The molecule has 0 fully saturated rings. The highest BCUT2D eigenvalue weighted by atomic mass is 16.5. The van der Waals surface area contributed by atoms with Gasteiger partial charge in [-0.1, -0.05) is 25.8 Å². The summed E-state index contributed by atoms with van der Waals surface area (Å²) < 4.78 is 11.0. The highest BCUT2D eigenvalue weighted by Crippen LogP contribution is 2.22. The minimum absolute atomic E-state index is 0.0152. The normalized spacial score (nSPS) is 24.7. The van der Waals surface area contributed by atoms with Crippen molar-refractivity contribution in [3.8, 4) is 0 Å². The Morgan fingerprint density at radius 2 is 2.27 bits per heavy atom. The Kier molecular flexibility index (Phi) is 9.04. The highest BCUT2D eigenvalue weighted by Gasteiger charge is 2.33. The first kappa shape index (κ1) is 18.9. The molecule has 5 nitrogen and oxygen atoms in total. The molecule has 5 heteroatoms. The Bertz CT molecular complexity index is 382. The first-order chi connectivity index (χ1) is 10.6. The van der Waals surface area contributed by atoms with E-state index in [0.717, 1.165) is 19.3 Å². The van der Waals surface area contributed by atoms with Gasteiger partial charge in [0.15, 0.2) is 0 Å². The van der Waals surface area contributed by atoms with Gasteiger partial charge in [0.25, 0.3) is 0 Å². The summed E-state index contributed by atoms with van der Waals surface area (Å²) in [6.07, 6.45) is 7.21. The van der Waals surface area contributed by atoms with Crippen LogP contribution < -0.4 is 11.1 Å². The van der Waals surface area contributed by atoms with Gasteiger partial charge in [-0.2, -0.15) is 0 Å². The van der Waals surface area contributed by atoms with Crippen molar-refractivity contribution in [3.63, 3.8) is 0 Å². The van der Waals surface area contributed by atoms with Gasteiger partial charge in [-0.05, 0) is 25.8 Å². The molecule has 0 spiro atoms. The van der Waals surface area contributed by atoms with E-state index in [-0.39, 0.29) is 24.2 Å². The van der Waals surface area contributed by atoms with Gasteiger partial charge in [0.2, 0.25) is 0 Å². The van der Waals surface area contributed by atoms with Crippen molar-refractivity contribution in [3.05, 3.63) is 24.3 Å². The highest BCUT2D eigenvalue weighted by molar-refractivity contribution is 5.89. The summed E-state index contributed by atoms with van der Waals surface area (Å²) in [5, 5.41) is 3.31. The molecule has 126 valence electrons. The number of hydrogen-bond acceptors (Lipinski definition) is 5. The predicted octanol–water partition coefficient (Wildman–Crippen LogP) is 1.93. The molecule has 0 bridgehead atoms. The first-order valence-corrected chi connectivity index (χ1v) is 8.23. The van der Waals surface area contributed by atoms with Crippen LogP contribution in [0, 0.1) is 0 Å². The number of unbranched alkanes of at least 4 members (excludes halogenated alkanes) is 2. The van der Waals surface area contributed by atoms with Crippen molar-refractivity contribution < 1.29 is 14.3 Å². The molecule has 0 aromatic carbocycles. The van der Waals surface area contributed by atoms with Crippen molar-refractivity contribution in [1.82, 2.24) is 5.32 Å². The Morgan fingerprint density at radius 3 is 2.91 bits per heavy atom. The van der Waals surface area contributed by atoms with Crippen molar-refractivity contribution >= 4 is 5.97 Å². The summed E-state index contributed by atoms with van der Waals surface area (Å²) >= 11 is 0. The standard InChI is InChI=1S/C17H30N2O3/c1-4-7-8-10-22-15-12-13(17(20)21-6-3)11-14(16(15)18)19-9-5-2/h5,12,14-16,19H,2,4,6-11,18H2,1,3H3. The van der Waals surface area contributed by atoms with E-state index in [1.54, 1.807) is 13.0 Å². The summed E-state index contributed by atoms with van der Waals surface area (Å²) in [6.45, 7) is 9.34. The van der Waals surface area contributed by atoms with E-state index in [0.29, 0.717) is 31.8 Å². The maximum atomic E-state index is 12.0. The van der Waals surface area contributed by atoms with E-state index in [9.17, 15) is 4.79 Å². The monoisotopic (exact) mass is 310 g/mol. The van der Waals surface area contributed by atoms with Crippen LogP contribution in [0.15, 0.2) is 24.3 Å². The van der Waals surface area contributed by atoms with Gasteiger partial charge < -0.3 is 20.5 Å². The molecule has 0 radical (unpaired) electrons. The van der Waals surface area contributed by atoms with E-state index in [2.05, 4.69) is 18.8 Å². The van der Waals surface area contributed by atoms with E-state index < -0.39 is 0 Å². The molecule has 1 aliphatic carbocycles. The molecule has 0 heterocycles. The summed E-state index contributed by atoms with van der Waals surface area (Å²) in [5.74, 6) is -0.276. The largest absolute Gasteiger partial charge is 0.463 e. The van der Waals surface area contributed by atoms with Gasteiger partial charge in [0.05, 0.1) is 18.8 Å². The van der Waals surface area contributed by atoms with Crippen LogP contribution in [0.1, 0.15) is 39.5 Å². The van der Waals surface area contributed by atoms with Crippen molar-refractivity contribution in [1.29, 1.82) is 0 Å². The molecule has 3 atom stereocenters. The molecule has 0 saturated carbocycles. The van der Waals surface area contributed by atoms with E-state index in [4.69, 9.17) is 15.2 Å².